The second kappa shape index (κ2) is 6.06. The van der Waals surface area contributed by atoms with Gasteiger partial charge >= 0.3 is 0 Å². The highest BCUT2D eigenvalue weighted by Crippen LogP contribution is 2.27. The number of rotatable bonds is 3. The van der Waals surface area contributed by atoms with E-state index in [9.17, 15) is 4.79 Å². The van der Waals surface area contributed by atoms with Crippen LogP contribution in [0.2, 0.25) is 0 Å². The van der Waals surface area contributed by atoms with Crippen molar-refractivity contribution in [1.29, 1.82) is 0 Å². The van der Waals surface area contributed by atoms with Crippen LogP contribution in [0.1, 0.15) is 15.9 Å². The van der Waals surface area contributed by atoms with Crippen LogP contribution in [0.3, 0.4) is 0 Å². The van der Waals surface area contributed by atoms with Gasteiger partial charge in [-0.15, -0.1) is 0 Å². The number of carbonyl (C=O) groups excluding carboxylic acids is 1. The lowest BCUT2D eigenvalue weighted by molar-refractivity contribution is 0.103. The fourth-order valence-corrected chi connectivity index (χ4v) is 2.81. The predicted molar refractivity (Wildman–Crippen MR) is 89.5 cm³/mol. The van der Waals surface area contributed by atoms with Crippen molar-refractivity contribution in [2.45, 2.75) is 0 Å². The second-order valence-corrected chi connectivity index (χ2v) is 5.57. The third-order valence-electron chi connectivity index (χ3n) is 3.37. The molecule has 0 atom stereocenters. The Morgan fingerprint density at radius 3 is 1.95 bits per heavy atom. The Kier molecular flexibility index (Phi) is 3.98. The molecule has 0 aromatic heterocycles. The fraction of sp³-hybridized carbons (Fsp3) is 0. The van der Waals surface area contributed by atoms with Crippen LogP contribution in [0.4, 0.5) is 0 Å². The molecule has 21 heavy (non-hydrogen) atoms. The summed E-state index contributed by atoms with van der Waals surface area (Å²) in [5.74, 6) is 0.0296. The summed E-state index contributed by atoms with van der Waals surface area (Å²) in [4.78, 5) is 12.8. The summed E-state index contributed by atoms with van der Waals surface area (Å²) in [6.07, 6.45) is 0. The number of carbonyl (C=O) groups is 1. The van der Waals surface area contributed by atoms with E-state index in [0.717, 1.165) is 21.2 Å². The van der Waals surface area contributed by atoms with Gasteiger partial charge in [0.05, 0.1) is 0 Å². The lowest BCUT2D eigenvalue weighted by Crippen LogP contribution is -2.04. The van der Waals surface area contributed by atoms with Crippen molar-refractivity contribution >= 4 is 21.7 Å². The molecule has 2 heteroatoms. The molecule has 3 aromatic rings. The van der Waals surface area contributed by atoms with Crippen LogP contribution in [-0.4, -0.2) is 5.78 Å². The van der Waals surface area contributed by atoms with Gasteiger partial charge in [-0.3, -0.25) is 4.79 Å². The molecule has 0 aliphatic rings. The minimum atomic E-state index is 0.0296. The molecule has 102 valence electrons. The summed E-state index contributed by atoms with van der Waals surface area (Å²) in [7, 11) is 0. The monoisotopic (exact) mass is 336 g/mol. The number of benzene rings is 3. The summed E-state index contributed by atoms with van der Waals surface area (Å²) < 4.78 is 0.817. The Labute approximate surface area is 132 Å². The van der Waals surface area contributed by atoms with Crippen molar-refractivity contribution in [1.82, 2.24) is 0 Å². The highest BCUT2D eigenvalue weighted by Gasteiger charge is 2.16. The van der Waals surface area contributed by atoms with E-state index in [-0.39, 0.29) is 5.78 Å². The molecule has 0 aliphatic heterocycles. The fourth-order valence-electron chi connectivity index (χ4n) is 2.34. The van der Waals surface area contributed by atoms with Crippen LogP contribution < -0.4 is 0 Å². The quantitative estimate of drug-likeness (QED) is 0.589. The van der Waals surface area contributed by atoms with Gasteiger partial charge < -0.3 is 0 Å². The highest BCUT2D eigenvalue weighted by atomic mass is 79.9. The van der Waals surface area contributed by atoms with Crippen molar-refractivity contribution < 1.29 is 4.79 Å². The molecule has 0 spiro atoms. The Morgan fingerprint density at radius 2 is 1.24 bits per heavy atom. The molecular weight excluding hydrogens is 324 g/mol. The van der Waals surface area contributed by atoms with Gasteiger partial charge in [0.25, 0.3) is 0 Å². The van der Waals surface area contributed by atoms with E-state index in [4.69, 9.17) is 0 Å². The lowest BCUT2D eigenvalue weighted by atomic mass is 9.94. The van der Waals surface area contributed by atoms with Crippen molar-refractivity contribution in [3.05, 3.63) is 94.5 Å². The van der Waals surface area contributed by atoms with Crippen molar-refractivity contribution in [2.75, 3.05) is 0 Å². The molecule has 0 amide bonds. The van der Waals surface area contributed by atoms with Gasteiger partial charge in [0.15, 0.2) is 5.78 Å². The second-order valence-electron chi connectivity index (χ2n) is 4.72. The molecular formula is C19H13BrO. The van der Waals surface area contributed by atoms with Crippen molar-refractivity contribution in [2.24, 2.45) is 0 Å². The first-order valence-corrected chi connectivity index (χ1v) is 7.50. The van der Waals surface area contributed by atoms with Crippen LogP contribution in [0, 0.1) is 0 Å². The van der Waals surface area contributed by atoms with Gasteiger partial charge in [-0.1, -0.05) is 82.7 Å². The minimum absolute atomic E-state index is 0.0296. The molecule has 0 bridgehead atoms. The Balaban J connectivity index is 2.12. The molecule has 0 unspecified atom stereocenters. The van der Waals surface area contributed by atoms with Crippen LogP contribution in [-0.2, 0) is 0 Å². The Morgan fingerprint density at radius 1 is 0.667 bits per heavy atom. The number of ketones is 1. The van der Waals surface area contributed by atoms with E-state index in [1.165, 1.54) is 0 Å². The summed E-state index contributed by atoms with van der Waals surface area (Å²) >= 11 is 3.45. The average Bonchev–Trinajstić information content (AvgIpc) is 2.55. The van der Waals surface area contributed by atoms with Crippen LogP contribution >= 0.6 is 15.9 Å². The maximum absolute atomic E-state index is 12.8. The van der Waals surface area contributed by atoms with Gasteiger partial charge in [0.2, 0.25) is 0 Å². The van der Waals surface area contributed by atoms with Gasteiger partial charge in [0.1, 0.15) is 0 Å². The smallest absolute Gasteiger partial charge is 0.194 e. The molecule has 0 radical (unpaired) electrons. The summed E-state index contributed by atoms with van der Waals surface area (Å²) in [5.41, 5.74) is 3.41. The molecule has 0 heterocycles. The first-order valence-electron chi connectivity index (χ1n) is 6.71. The van der Waals surface area contributed by atoms with E-state index in [1.54, 1.807) is 0 Å². The summed E-state index contributed by atoms with van der Waals surface area (Å²) in [6, 6.07) is 25.2. The maximum Gasteiger partial charge on any atom is 0.194 e. The first kappa shape index (κ1) is 13.8. The van der Waals surface area contributed by atoms with Crippen molar-refractivity contribution in [3.8, 4) is 11.1 Å². The van der Waals surface area contributed by atoms with Crippen LogP contribution in [0.5, 0.6) is 0 Å². The first-order chi connectivity index (χ1) is 10.3. The van der Waals surface area contributed by atoms with E-state index >= 15 is 0 Å². The zero-order valence-electron chi connectivity index (χ0n) is 11.3. The average molecular weight is 337 g/mol. The zero-order chi connectivity index (χ0) is 14.7. The molecule has 0 fully saturated rings. The molecule has 0 saturated heterocycles. The number of hydrogen-bond acceptors (Lipinski definition) is 1. The molecule has 0 N–H and O–H groups in total. The van der Waals surface area contributed by atoms with E-state index in [2.05, 4.69) is 15.9 Å². The molecule has 3 rings (SSSR count). The van der Waals surface area contributed by atoms with Gasteiger partial charge in [-0.2, -0.15) is 0 Å². The normalized spacial score (nSPS) is 10.3. The van der Waals surface area contributed by atoms with Crippen LogP contribution in [0.25, 0.3) is 11.1 Å². The van der Waals surface area contributed by atoms with E-state index < -0.39 is 0 Å². The standard InChI is InChI=1S/C19H13BrO/c20-18-13-7-6-12-17(18)19(21)16-11-5-4-10-15(16)14-8-2-1-3-9-14/h1-13H. The third-order valence-corrected chi connectivity index (χ3v) is 4.07. The summed E-state index contributed by atoms with van der Waals surface area (Å²) in [5, 5.41) is 0. The van der Waals surface area contributed by atoms with Gasteiger partial charge in [-0.25, -0.2) is 0 Å². The van der Waals surface area contributed by atoms with Crippen molar-refractivity contribution in [3.63, 3.8) is 0 Å². The predicted octanol–water partition coefficient (Wildman–Crippen LogP) is 5.35. The number of halogens is 1. The lowest BCUT2D eigenvalue weighted by Gasteiger charge is -2.10. The highest BCUT2D eigenvalue weighted by molar-refractivity contribution is 9.10. The van der Waals surface area contributed by atoms with Crippen LogP contribution in [0.15, 0.2) is 83.3 Å². The number of hydrogen-bond donors (Lipinski definition) is 0. The maximum atomic E-state index is 12.8. The molecule has 0 saturated carbocycles. The SMILES string of the molecule is O=C(c1ccccc1Br)c1ccccc1-c1ccccc1. The van der Waals surface area contributed by atoms with E-state index in [1.807, 2.05) is 78.9 Å². The minimum Gasteiger partial charge on any atom is -0.289 e. The Hall–Kier alpha value is -2.19. The topological polar surface area (TPSA) is 17.1 Å². The molecule has 1 nitrogen and oxygen atoms in total. The summed E-state index contributed by atoms with van der Waals surface area (Å²) in [6.45, 7) is 0. The molecule has 0 aliphatic carbocycles. The third kappa shape index (κ3) is 2.81. The zero-order valence-corrected chi connectivity index (χ0v) is 12.9. The Bertz CT molecular complexity index is 778. The van der Waals surface area contributed by atoms with Gasteiger partial charge in [0, 0.05) is 15.6 Å². The van der Waals surface area contributed by atoms with E-state index in [0.29, 0.717) is 5.56 Å². The van der Waals surface area contributed by atoms with Gasteiger partial charge in [-0.05, 0) is 23.3 Å². The molecule has 3 aromatic carbocycles. The largest absolute Gasteiger partial charge is 0.289 e.